The van der Waals surface area contributed by atoms with Gasteiger partial charge >= 0.3 is 0 Å². The van der Waals surface area contributed by atoms with Crippen LogP contribution in [0.15, 0.2) is 30.5 Å². The van der Waals surface area contributed by atoms with E-state index in [1.807, 2.05) is 17.8 Å². The van der Waals surface area contributed by atoms with Crippen molar-refractivity contribution in [2.45, 2.75) is 33.1 Å². The van der Waals surface area contributed by atoms with Crippen molar-refractivity contribution in [3.63, 3.8) is 0 Å². The van der Waals surface area contributed by atoms with Crippen molar-refractivity contribution in [1.82, 2.24) is 29.4 Å². The van der Waals surface area contributed by atoms with Gasteiger partial charge in [-0.25, -0.2) is 9.97 Å². The summed E-state index contributed by atoms with van der Waals surface area (Å²) in [4.78, 5) is 9.56. The standard InChI is InChI=1S/C18H20N6/c1-4-5-6-15-20-17-14(11-19-23(17)3)18-21-16(22-24(15)18)13-9-7-12(2)8-10-13/h7-11H,4-6H2,1-3H3. The molecule has 3 heterocycles. The molecule has 24 heavy (non-hydrogen) atoms. The Morgan fingerprint density at radius 2 is 1.83 bits per heavy atom. The van der Waals surface area contributed by atoms with Crippen LogP contribution in [0.1, 0.15) is 31.2 Å². The Morgan fingerprint density at radius 3 is 2.58 bits per heavy atom. The Balaban J connectivity index is 1.95. The van der Waals surface area contributed by atoms with Crippen LogP contribution in [0.2, 0.25) is 0 Å². The maximum absolute atomic E-state index is 4.78. The molecule has 0 spiro atoms. The molecule has 4 rings (SSSR count). The van der Waals surface area contributed by atoms with E-state index >= 15 is 0 Å². The molecule has 0 saturated heterocycles. The van der Waals surface area contributed by atoms with E-state index in [1.165, 1.54) is 5.56 Å². The summed E-state index contributed by atoms with van der Waals surface area (Å²) in [7, 11) is 1.91. The van der Waals surface area contributed by atoms with E-state index < -0.39 is 0 Å². The molecular weight excluding hydrogens is 300 g/mol. The van der Waals surface area contributed by atoms with E-state index in [1.54, 1.807) is 4.68 Å². The van der Waals surface area contributed by atoms with Gasteiger partial charge in [0.05, 0.1) is 11.6 Å². The minimum Gasteiger partial charge on any atom is -0.250 e. The van der Waals surface area contributed by atoms with Crippen LogP contribution in [0.4, 0.5) is 0 Å². The fraction of sp³-hybridized carbons (Fsp3) is 0.333. The molecule has 6 heteroatoms. The molecule has 0 saturated carbocycles. The molecule has 1 aromatic carbocycles. The Bertz CT molecular complexity index is 1010. The third-order valence-electron chi connectivity index (χ3n) is 4.30. The van der Waals surface area contributed by atoms with Crippen LogP contribution in [-0.2, 0) is 13.5 Å². The molecule has 0 radical (unpaired) electrons. The van der Waals surface area contributed by atoms with Gasteiger partial charge in [-0.3, -0.25) is 4.68 Å². The summed E-state index contributed by atoms with van der Waals surface area (Å²) < 4.78 is 3.68. The Labute approximate surface area is 140 Å². The highest BCUT2D eigenvalue weighted by Gasteiger charge is 2.16. The highest BCUT2D eigenvalue weighted by Crippen LogP contribution is 2.23. The van der Waals surface area contributed by atoms with Crippen molar-refractivity contribution in [3.8, 4) is 11.4 Å². The van der Waals surface area contributed by atoms with Crippen molar-refractivity contribution in [2.24, 2.45) is 7.05 Å². The summed E-state index contributed by atoms with van der Waals surface area (Å²) >= 11 is 0. The van der Waals surface area contributed by atoms with Gasteiger partial charge in [-0.2, -0.15) is 9.61 Å². The number of hydrogen-bond acceptors (Lipinski definition) is 4. The van der Waals surface area contributed by atoms with Crippen LogP contribution in [0, 0.1) is 6.92 Å². The van der Waals surface area contributed by atoms with Crippen LogP contribution in [-0.4, -0.2) is 29.4 Å². The lowest BCUT2D eigenvalue weighted by atomic mass is 10.1. The molecule has 0 atom stereocenters. The van der Waals surface area contributed by atoms with Crippen molar-refractivity contribution < 1.29 is 0 Å². The number of aromatic nitrogens is 6. The summed E-state index contributed by atoms with van der Waals surface area (Å²) in [6, 6.07) is 8.28. The van der Waals surface area contributed by atoms with Gasteiger partial charge in [0, 0.05) is 19.0 Å². The van der Waals surface area contributed by atoms with E-state index in [0.29, 0.717) is 0 Å². The molecule has 0 aliphatic heterocycles. The molecule has 0 fully saturated rings. The van der Waals surface area contributed by atoms with Gasteiger partial charge in [0.1, 0.15) is 5.82 Å². The molecule has 6 nitrogen and oxygen atoms in total. The van der Waals surface area contributed by atoms with Crippen molar-refractivity contribution in [3.05, 3.63) is 41.9 Å². The van der Waals surface area contributed by atoms with E-state index in [-0.39, 0.29) is 0 Å². The normalized spacial score (nSPS) is 11.6. The molecule has 122 valence electrons. The van der Waals surface area contributed by atoms with Gasteiger partial charge in [-0.1, -0.05) is 43.2 Å². The Morgan fingerprint density at radius 1 is 1.04 bits per heavy atom. The SMILES string of the molecule is CCCCc1nc2c(cnn2C)c2nc(-c3ccc(C)cc3)nn12. The molecule has 4 aromatic rings. The van der Waals surface area contributed by atoms with Crippen LogP contribution in [0.5, 0.6) is 0 Å². The zero-order valence-corrected chi connectivity index (χ0v) is 14.2. The number of aryl methyl sites for hydroxylation is 3. The fourth-order valence-corrected chi connectivity index (χ4v) is 2.88. The summed E-state index contributed by atoms with van der Waals surface area (Å²) in [6.07, 6.45) is 4.89. The topological polar surface area (TPSA) is 60.9 Å². The molecule has 0 unspecified atom stereocenters. The molecule has 0 aliphatic carbocycles. The van der Waals surface area contributed by atoms with Crippen molar-refractivity contribution >= 4 is 16.7 Å². The van der Waals surface area contributed by atoms with E-state index in [0.717, 1.165) is 53.2 Å². The third-order valence-corrected chi connectivity index (χ3v) is 4.30. The van der Waals surface area contributed by atoms with Gasteiger partial charge < -0.3 is 0 Å². The molecule has 0 N–H and O–H groups in total. The maximum Gasteiger partial charge on any atom is 0.182 e. The Kier molecular flexibility index (Phi) is 3.52. The first-order chi connectivity index (χ1) is 11.7. The lowest BCUT2D eigenvalue weighted by Crippen LogP contribution is -2.05. The number of fused-ring (bicyclic) bond motifs is 3. The first kappa shape index (κ1) is 14.8. The molecular formula is C18H20N6. The molecule has 3 aromatic heterocycles. The van der Waals surface area contributed by atoms with Crippen molar-refractivity contribution in [2.75, 3.05) is 0 Å². The minimum atomic E-state index is 0.728. The van der Waals surface area contributed by atoms with Crippen LogP contribution < -0.4 is 0 Å². The average Bonchev–Trinajstić information content (AvgIpc) is 3.18. The zero-order chi connectivity index (χ0) is 16.7. The van der Waals surface area contributed by atoms with Crippen LogP contribution in [0.3, 0.4) is 0 Å². The summed E-state index contributed by atoms with van der Waals surface area (Å²) in [5, 5.41) is 10.00. The van der Waals surface area contributed by atoms with E-state index in [4.69, 9.17) is 15.1 Å². The van der Waals surface area contributed by atoms with Gasteiger partial charge in [-0.05, 0) is 13.3 Å². The molecule has 0 bridgehead atoms. The van der Waals surface area contributed by atoms with Crippen molar-refractivity contribution in [1.29, 1.82) is 0 Å². The fourth-order valence-electron chi connectivity index (χ4n) is 2.88. The highest BCUT2D eigenvalue weighted by atomic mass is 15.4. The highest BCUT2D eigenvalue weighted by molar-refractivity contribution is 5.89. The summed E-state index contributed by atoms with van der Waals surface area (Å²) in [6.45, 7) is 4.26. The lowest BCUT2D eigenvalue weighted by molar-refractivity contribution is 0.710. The second-order valence-corrected chi connectivity index (χ2v) is 6.17. The largest absolute Gasteiger partial charge is 0.250 e. The first-order valence-electron chi connectivity index (χ1n) is 8.31. The quantitative estimate of drug-likeness (QED) is 0.578. The predicted molar refractivity (Wildman–Crippen MR) is 93.8 cm³/mol. The summed E-state index contributed by atoms with van der Waals surface area (Å²) in [5.41, 5.74) is 3.93. The van der Waals surface area contributed by atoms with Gasteiger partial charge in [0.15, 0.2) is 17.1 Å². The second-order valence-electron chi connectivity index (χ2n) is 6.17. The van der Waals surface area contributed by atoms with E-state index in [2.05, 4.69) is 43.2 Å². The monoisotopic (exact) mass is 320 g/mol. The predicted octanol–water partition coefficient (Wildman–Crippen LogP) is 3.33. The molecule has 0 aliphatic rings. The van der Waals surface area contributed by atoms with Gasteiger partial charge in [0.25, 0.3) is 0 Å². The Hall–Kier alpha value is -2.76. The van der Waals surface area contributed by atoms with Gasteiger partial charge in [-0.15, -0.1) is 5.10 Å². The number of nitrogens with zero attached hydrogens (tertiary/aromatic N) is 6. The minimum absolute atomic E-state index is 0.728. The average molecular weight is 320 g/mol. The van der Waals surface area contributed by atoms with Crippen LogP contribution in [0.25, 0.3) is 28.1 Å². The number of benzene rings is 1. The third kappa shape index (κ3) is 2.35. The zero-order valence-electron chi connectivity index (χ0n) is 14.2. The number of unbranched alkanes of at least 4 members (excludes halogenated alkanes) is 1. The van der Waals surface area contributed by atoms with E-state index in [9.17, 15) is 0 Å². The molecule has 0 amide bonds. The van der Waals surface area contributed by atoms with Gasteiger partial charge in [0.2, 0.25) is 0 Å². The second kappa shape index (κ2) is 5.70. The summed E-state index contributed by atoms with van der Waals surface area (Å²) in [5.74, 6) is 1.67. The first-order valence-corrected chi connectivity index (χ1v) is 8.31. The number of hydrogen-bond donors (Lipinski definition) is 0. The van der Waals surface area contributed by atoms with Crippen LogP contribution >= 0.6 is 0 Å². The lowest BCUT2D eigenvalue weighted by Gasteiger charge is -2.03. The number of rotatable bonds is 4. The smallest absolute Gasteiger partial charge is 0.182 e. The maximum atomic E-state index is 4.78.